The average molecular weight is 327 g/mol. The lowest BCUT2D eigenvalue weighted by Crippen LogP contribution is -2.05. The van der Waals surface area contributed by atoms with Crippen LogP contribution in [-0.4, -0.2) is 24.6 Å². The van der Waals surface area contributed by atoms with Gasteiger partial charge in [0.05, 0.1) is 27.1 Å². The summed E-state index contributed by atoms with van der Waals surface area (Å²) in [4.78, 5) is 14.6. The molecule has 1 heterocycles. The second-order valence-electron chi connectivity index (χ2n) is 4.42. The van der Waals surface area contributed by atoms with Crippen molar-refractivity contribution in [3.8, 4) is 0 Å². The van der Waals surface area contributed by atoms with Crippen LogP contribution in [0.5, 0.6) is 0 Å². The van der Waals surface area contributed by atoms with E-state index in [-0.39, 0.29) is 16.3 Å². The number of nitrogens with one attached hydrogen (secondary N) is 1. The van der Waals surface area contributed by atoms with E-state index in [0.29, 0.717) is 6.54 Å². The van der Waals surface area contributed by atoms with E-state index in [1.54, 1.807) is 0 Å². The standard InChI is InChI=1S/C12H13N3O4S2/c1-8-14-9(7-20-8)6-13-11-4-3-10(21(2,18)19)5-12(11)15(16)17/h3-5,7,13H,6H2,1-2H3. The van der Waals surface area contributed by atoms with E-state index in [1.807, 2.05) is 12.3 Å². The van der Waals surface area contributed by atoms with Gasteiger partial charge in [0.25, 0.3) is 5.69 Å². The summed E-state index contributed by atoms with van der Waals surface area (Å²) < 4.78 is 22.9. The Bertz CT molecular complexity index is 784. The predicted octanol–water partition coefficient (Wildman–Crippen LogP) is 2.38. The van der Waals surface area contributed by atoms with Crippen LogP contribution in [0.15, 0.2) is 28.5 Å². The van der Waals surface area contributed by atoms with Crippen molar-refractivity contribution in [2.45, 2.75) is 18.4 Å². The predicted molar refractivity (Wildman–Crippen MR) is 80.4 cm³/mol. The molecule has 9 heteroatoms. The molecule has 0 amide bonds. The second kappa shape index (κ2) is 5.78. The number of aromatic nitrogens is 1. The summed E-state index contributed by atoms with van der Waals surface area (Å²) in [6, 6.07) is 3.80. The molecule has 0 bridgehead atoms. The van der Waals surface area contributed by atoms with Gasteiger partial charge in [0.1, 0.15) is 5.69 Å². The van der Waals surface area contributed by atoms with Gasteiger partial charge in [-0.3, -0.25) is 10.1 Å². The van der Waals surface area contributed by atoms with Gasteiger partial charge in [-0.25, -0.2) is 13.4 Å². The molecule has 21 heavy (non-hydrogen) atoms. The summed E-state index contributed by atoms with van der Waals surface area (Å²) in [6.45, 7) is 2.21. The first-order valence-electron chi connectivity index (χ1n) is 5.91. The topological polar surface area (TPSA) is 102 Å². The van der Waals surface area contributed by atoms with E-state index in [4.69, 9.17) is 0 Å². The van der Waals surface area contributed by atoms with Crippen molar-refractivity contribution in [1.82, 2.24) is 4.98 Å². The van der Waals surface area contributed by atoms with E-state index in [9.17, 15) is 18.5 Å². The SMILES string of the molecule is Cc1nc(CNc2ccc(S(C)(=O)=O)cc2[N+](=O)[O-])cs1. The zero-order chi connectivity index (χ0) is 15.6. The molecule has 0 aliphatic carbocycles. The number of benzene rings is 1. The maximum Gasteiger partial charge on any atom is 0.293 e. The van der Waals surface area contributed by atoms with Crippen LogP contribution >= 0.6 is 11.3 Å². The second-order valence-corrected chi connectivity index (χ2v) is 7.50. The molecule has 1 N–H and O–H groups in total. The van der Waals surface area contributed by atoms with Crippen LogP contribution in [0.25, 0.3) is 0 Å². The molecule has 0 saturated carbocycles. The van der Waals surface area contributed by atoms with Gasteiger partial charge in [-0.15, -0.1) is 11.3 Å². The highest BCUT2D eigenvalue weighted by Crippen LogP contribution is 2.28. The Morgan fingerprint density at radius 1 is 1.43 bits per heavy atom. The van der Waals surface area contributed by atoms with Crippen molar-refractivity contribution in [3.63, 3.8) is 0 Å². The van der Waals surface area contributed by atoms with Crippen LogP contribution in [0.2, 0.25) is 0 Å². The number of nitro groups is 1. The monoisotopic (exact) mass is 327 g/mol. The van der Waals surface area contributed by atoms with E-state index < -0.39 is 14.8 Å². The van der Waals surface area contributed by atoms with Crippen LogP contribution in [0.4, 0.5) is 11.4 Å². The normalized spacial score (nSPS) is 11.3. The number of anilines is 1. The maximum absolute atomic E-state index is 11.4. The molecule has 0 aliphatic rings. The Balaban J connectivity index is 2.28. The van der Waals surface area contributed by atoms with Crippen LogP contribution in [-0.2, 0) is 16.4 Å². The molecule has 0 radical (unpaired) electrons. The molecule has 0 atom stereocenters. The van der Waals surface area contributed by atoms with Gasteiger partial charge in [-0.2, -0.15) is 0 Å². The molecule has 0 spiro atoms. The fourth-order valence-corrected chi connectivity index (χ4v) is 2.97. The molecular weight excluding hydrogens is 314 g/mol. The van der Waals surface area contributed by atoms with Crippen LogP contribution < -0.4 is 5.32 Å². The molecule has 2 rings (SSSR count). The van der Waals surface area contributed by atoms with Crippen molar-refractivity contribution >= 4 is 32.5 Å². The number of hydrogen-bond acceptors (Lipinski definition) is 7. The average Bonchev–Trinajstić information content (AvgIpc) is 2.80. The minimum Gasteiger partial charge on any atom is -0.374 e. The molecule has 112 valence electrons. The Morgan fingerprint density at radius 3 is 2.67 bits per heavy atom. The van der Waals surface area contributed by atoms with Crippen LogP contribution in [0.1, 0.15) is 10.7 Å². The van der Waals surface area contributed by atoms with Gasteiger partial charge in [0.15, 0.2) is 9.84 Å². The van der Waals surface area contributed by atoms with E-state index >= 15 is 0 Å². The van der Waals surface area contributed by atoms with Crippen molar-refractivity contribution in [2.24, 2.45) is 0 Å². The molecule has 2 aromatic rings. The highest BCUT2D eigenvalue weighted by Gasteiger charge is 2.18. The summed E-state index contributed by atoms with van der Waals surface area (Å²) in [5, 5.41) is 16.8. The molecule has 0 unspecified atom stereocenters. The fourth-order valence-electron chi connectivity index (χ4n) is 1.72. The minimum absolute atomic E-state index is 0.0794. The van der Waals surface area contributed by atoms with E-state index in [2.05, 4.69) is 10.3 Å². The Kier molecular flexibility index (Phi) is 4.24. The Morgan fingerprint density at radius 2 is 2.14 bits per heavy atom. The Hall–Kier alpha value is -2.00. The van der Waals surface area contributed by atoms with Crippen molar-refractivity contribution < 1.29 is 13.3 Å². The van der Waals surface area contributed by atoms with E-state index in [0.717, 1.165) is 23.0 Å². The number of nitrogens with zero attached hydrogens (tertiary/aromatic N) is 2. The molecule has 0 fully saturated rings. The highest BCUT2D eigenvalue weighted by molar-refractivity contribution is 7.90. The summed E-state index contributed by atoms with van der Waals surface area (Å²) in [5.41, 5.74) is 0.766. The third-order valence-electron chi connectivity index (χ3n) is 2.72. The van der Waals surface area contributed by atoms with Gasteiger partial charge in [-0.1, -0.05) is 0 Å². The van der Waals surface area contributed by atoms with Gasteiger partial charge < -0.3 is 5.32 Å². The van der Waals surface area contributed by atoms with Crippen molar-refractivity contribution in [3.05, 3.63) is 44.4 Å². The zero-order valence-electron chi connectivity index (χ0n) is 11.4. The first-order chi connectivity index (χ1) is 9.77. The van der Waals surface area contributed by atoms with Crippen molar-refractivity contribution in [2.75, 3.05) is 11.6 Å². The van der Waals surface area contributed by atoms with Gasteiger partial charge in [0, 0.05) is 17.7 Å². The third-order valence-corrected chi connectivity index (χ3v) is 4.65. The molecule has 1 aromatic heterocycles. The quantitative estimate of drug-likeness (QED) is 0.668. The van der Waals surface area contributed by atoms with E-state index in [1.165, 1.54) is 23.5 Å². The van der Waals surface area contributed by atoms with Crippen LogP contribution in [0.3, 0.4) is 0 Å². The summed E-state index contributed by atoms with van der Waals surface area (Å²) in [6.07, 6.45) is 1.01. The number of aryl methyl sites for hydroxylation is 1. The lowest BCUT2D eigenvalue weighted by atomic mass is 10.2. The number of thiazole rings is 1. The lowest BCUT2D eigenvalue weighted by molar-refractivity contribution is -0.384. The van der Waals surface area contributed by atoms with Crippen molar-refractivity contribution in [1.29, 1.82) is 0 Å². The number of hydrogen-bond donors (Lipinski definition) is 1. The van der Waals surface area contributed by atoms with Crippen LogP contribution in [0, 0.1) is 17.0 Å². The number of nitro benzene ring substituents is 1. The summed E-state index contributed by atoms with van der Waals surface area (Å²) in [5.74, 6) is 0. The Labute approximate surface area is 125 Å². The molecule has 7 nitrogen and oxygen atoms in total. The van der Waals surface area contributed by atoms with Gasteiger partial charge in [0.2, 0.25) is 0 Å². The van der Waals surface area contributed by atoms with Gasteiger partial charge >= 0.3 is 0 Å². The smallest absolute Gasteiger partial charge is 0.293 e. The molecule has 1 aromatic carbocycles. The summed E-state index contributed by atoms with van der Waals surface area (Å²) in [7, 11) is -3.48. The minimum atomic E-state index is -3.48. The molecule has 0 aliphatic heterocycles. The number of rotatable bonds is 5. The lowest BCUT2D eigenvalue weighted by Gasteiger charge is -2.07. The fraction of sp³-hybridized carbons (Fsp3) is 0.250. The van der Waals surface area contributed by atoms with Gasteiger partial charge in [-0.05, 0) is 19.1 Å². The highest BCUT2D eigenvalue weighted by atomic mass is 32.2. The third kappa shape index (κ3) is 3.76. The largest absolute Gasteiger partial charge is 0.374 e. The first kappa shape index (κ1) is 15.4. The molecular formula is C12H13N3O4S2. The zero-order valence-corrected chi connectivity index (χ0v) is 13.0. The summed E-state index contributed by atoms with van der Waals surface area (Å²) >= 11 is 1.49. The first-order valence-corrected chi connectivity index (χ1v) is 8.68. The molecule has 0 saturated heterocycles. The maximum atomic E-state index is 11.4. The number of sulfone groups is 1.